The van der Waals surface area contributed by atoms with Crippen molar-refractivity contribution in [3.63, 3.8) is 0 Å². The van der Waals surface area contributed by atoms with E-state index in [4.69, 9.17) is 0 Å². The molecular weight excluding hydrogens is 340 g/mol. The van der Waals surface area contributed by atoms with E-state index in [1.807, 2.05) is 12.2 Å². The van der Waals surface area contributed by atoms with Gasteiger partial charge in [-0.3, -0.25) is 19.3 Å². The van der Waals surface area contributed by atoms with Crippen molar-refractivity contribution >= 4 is 17.7 Å². The van der Waals surface area contributed by atoms with E-state index >= 15 is 0 Å². The highest BCUT2D eigenvalue weighted by Crippen LogP contribution is 2.61. The van der Waals surface area contributed by atoms with Gasteiger partial charge in [0, 0.05) is 6.04 Å². The van der Waals surface area contributed by atoms with Gasteiger partial charge in [-0.15, -0.1) is 0 Å². The number of hydrogen-bond donors (Lipinski definition) is 1. The maximum atomic E-state index is 12.7. The third-order valence-electron chi connectivity index (χ3n) is 8.28. The average Bonchev–Trinajstić information content (AvgIpc) is 2.86. The van der Waals surface area contributed by atoms with E-state index in [2.05, 4.69) is 12.2 Å². The second kappa shape index (κ2) is 6.18. The molecule has 1 N–H and O–H groups in total. The molecule has 3 amide bonds. The molecule has 1 heterocycles. The molecule has 5 fully saturated rings. The van der Waals surface area contributed by atoms with Gasteiger partial charge in [0.1, 0.15) is 6.54 Å². The van der Waals surface area contributed by atoms with Crippen LogP contribution in [0, 0.1) is 35.0 Å². The number of imide groups is 1. The maximum Gasteiger partial charge on any atom is 0.240 e. The van der Waals surface area contributed by atoms with Crippen molar-refractivity contribution in [1.82, 2.24) is 10.2 Å². The minimum Gasteiger partial charge on any atom is -0.352 e. The van der Waals surface area contributed by atoms with Crippen molar-refractivity contribution in [2.24, 2.45) is 35.0 Å². The third kappa shape index (κ3) is 2.76. The van der Waals surface area contributed by atoms with Crippen molar-refractivity contribution in [2.75, 3.05) is 6.54 Å². The lowest BCUT2D eigenvalue weighted by atomic mass is 9.48. The summed E-state index contributed by atoms with van der Waals surface area (Å²) in [4.78, 5) is 39.1. The first kappa shape index (κ1) is 17.4. The summed E-state index contributed by atoms with van der Waals surface area (Å²) in [5.41, 5.74) is 0.237. The van der Waals surface area contributed by atoms with Gasteiger partial charge in [0.05, 0.1) is 11.8 Å². The predicted molar refractivity (Wildman–Crippen MR) is 100 cm³/mol. The summed E-state index contributed by atoms with van der Waals surface area (Å²) >= 11 is 0. The lowest BCUT2D eigenvalue weighted by Crippen LogP contribution is -2.57. The Bertz CT molecular complexity index is 651. The van der Waals surface area contributed by atoms with Crippen LogP contribution in [-0.4, -0.2) is 35.2 Å². The van der Waals surface area contributed by atoms with Crippen LogP contribution in [-0.2, 0) is 14.4 Å². The zero-order chi connectivity index (χ0) is 18.8. The van der Waals surface area contributed by atoms with Gasteiger partial charge in [-0.1, -0.05) is 12.2 Å². The highest BCUT2D eigenvalue weighted by molar-refractivity contribution is 6.07. The van der Waals surface area contributed by atoms with E-state index in [0.717, 1.165) is 17.8 Å². The van der Waals surface area contributed by atoms with Gasteiger partial charge in [0.2, 0.25) is 17.7 Å². The molecule has 6 aliphatic rings. The number of amides is 3. The molecule has 146 valence electrons. The minimum absolute atomic E-state index is 0.110. The molecule has 0 aromatic rings. The molecule has 0 spiro atoms. The third-order valence-corrected chi connectivity index (χ3v) is 8.28. The van der Waals surface area contributed by atoms with Crippen LogP contribution in [0.5, 0.6) is 0 Å². The molecule has 5 nitrogen and oxygen atoms in total. The number of nitrogens with zero attached hydrogens (tertiary/aromatic N) is 1. The van der Waals surface area contributed by atoms with Crippen molar-refractivity contribution in [2.45, 2.75) is 64.3 Å². The van der Waals surface area contributed by atoms with Gasteiger partial charge in [-0.05, 0) is 81.5 Å². The first-order valence-corrected chi connectivity index (χ1v) is 10.7. The van der Waals surface area contributed by atoms with Crippen LogP contribution in [0.1, 0.15) is 58.3 Å². The second-order valence-corrected chi connectivity index (χ2v) is 9.99. The molecule has 6 rings (SSSR count). The fourth-order valence-corrected chi connectivity index (χ4v) is 7.32. The Hall–Kier alpha value is -1.65. The van der Waals surface area contributed by atoms with Crippen LogP contribution in [0.4, 0.5) is 0 Å². The fraction of sp³-hybridized carbons (Fsp3) is 0.773. The van der Waals surface area contributed by atoms with Crippen LogP contribution >= 0.6 is 0 Å². The van der Waals surface area contributed by atoms with Gasteiger partial charge in [-0.25, -0.2) is 0 Å². The monoisotopic (exact) mass is 370 g/mol. The Morgan fingerprint density at radius 1 is 1.04 bits per heavy atom. The number of hydrogen-bond acceptors (Lipinski definition) is 3. The van der Waals surface area contributed by atoms with Crippen molar-refractivity contribution in [1.29, 1.82) is 0 Å². The van der Waals surface area contributed by atoms with Crippen molar-refractivity contribution < 1.29 is 14.4 Å². The minimum atomic E-state index is -0.254. The molecule has 0 radical (unpaired) electrons. The molecule has 3 atom stereocenters. The number of fused-ring (bicyclic) bond motifs is 1. The van der Waals surface area contributed by atoms with Gasteiger partial charge in [-0.2, -0.15) is 0 Å². The zero-order valence-corrected chi connectivity index (χ0v) is 16.2. The summed E-state index contributed by atoms with van der Waals surface area (Å²) < 4.78 is 0. The Kier molecular flexibility index (Phi) is 3.99. The Morgan fingerprint density at radius 3 is 2.00 bits per heavy atom. The second-order valence-electron chi connectivity index (χ2n) is 9.99. The summed E-state index contributed by atoms with van der Waals surface area (Å²) in [6.07, 6.45) is 13.0. The highest BCUT2D eigenvalue weighted by Gasteiger charge is 2.53. The lowest BCUT2D eigenvalue weighted by molar-refractivity contribution is -0.144. The zero-order valence-electron chi connectivity index (χ0n) is 16.2. The van der Waals surface area contributed by atoms with Gasteiger partial charge in [0.25, 0.3) is 0 Å². The van der Waals surface area contributed by atoms with Gasteiger partial charge < -0.3 is 5.32 Å². The Balaban J connectivity index is 1.24. The number of allylic oxidation sites excluding steroid dienone is 2. The molecule has 1 saturated heterocycles. The van der Waals surface area contributed by atoms with Gasteiger partial charge >= 0.3 is 0 Å². The van der Waals surface area contributed by atoms with Crippen LogP contribution < -0.4 is 5.32 Å². The average molecular weight is 370 g/mol. The first-order chi connectivity index (χ1) is 12.9. The summed E-state index contributed by atoms with van der Waals surface area (Å²) in [5, 5.41) is 3.19. The Labute approximate surface area is 160 Å². The fourth-order valence-electron chi connectivity index (χ4n) is 7.32. The topological polar surface area (TPSA) is 66.5 Å². The van der Waals surface area contributed by atoms with Crippen LogP contribution in [0.3, 0.4) is 0 Å². The molecule has 4 saturated carbocycles. The molecule has 0 aromatic heterocycles. The highest BCUT2D eigenvalue weighted by atomic mass is 16.2. The Morgan fingerprint density at radius 2 is 1.52 bits per heavy atom. The number of carbonyl (C=O) groups is 3. The molecule has 0 unspecified atom stereocenters. The molecule has 4 bridgehead atoms. The smallest absolute Gasteiger partial charge is 0.240 e. The van der Waals surface area contributed by atoms with E-state index in [1.54, 1.807) is 0 Å². The number of rotatable bonds is 4. The molecule has 27 heavy (non-hydrogen) atoms. The van der Waals surface area contributed by atoms with Gasteiger partial charge in [0.15, 0.2) is 0 Å². The van der Waals surface area contributed by atoms with E-state index in [0.29, 0.717) is 12.8 Å². The van der Waals surface area contributed by atoms with Crippen LogP contribution in [0.15, 0.2) is 12.2 Å². The predicted octanol–water partition coefficient (Wildman–Crippen LogP) is 2.66. The SMILES string of the molecule is C[C@@H](NC(=O)CN1C(=O)[C@H]2CC=CC[C@H]2C1=O)C12CC3CC(CC(C3)C1)C2. The van der Waals surface area contributed by atoms with Crippen molar-refractivity contribution in [3.05, 3.63) is 12.2 Å². The number of nitrogens with one attached hydrogen (secondary N) is 1. The standard InChI is InChI=1S/C22H30N2O3/c1-13(22-9-14-6-15(10-22)8-16(7-14)11-22)23-19(25)12-24-20(26)17-4-2-3-5-18(17)21(24)27/h2-3,13-18H,4-12H2,1H3,(H,23,25)/t13-,14?,15?,16?,17-,18+,22?/m1/s1. The van der Waals surface area contributed by atoms with E-state index < -0.39 is 0 Å². The number of carbonyl (C=O) groups excluding carboxylic acids is 3. The maximum absolute atomic E-state index is 12.7. The van der Waals surface area contributed by atoms with E-state index in [9.17, 15) is 14.4 Å². The summed E-state index contributed by atoms with van der Waals surface area (Å²) in [6, 6.07) is 0.121. The molecule has 5 heteroatoms. The van der Waals surface area contributed by atoms with E-state index in [-0.39, 0.29) is 47.6 Å². The molecule has 1 aliphatic heterocycles. The first-order valence-electron chi connectivity index (χ1n) is 10.7. The largest absolute Gasteiger partial charge is 0.352 e. The van der Waals surface area contributed by atoms with Crippen LogP contribution in [0.25, 0.3) is 0 Å². The summed E-state index contributed by atoms with van der Waals surface area (Å²) in [6.45, 7) is 2.03. The molecular formula is C22H30N2O3. The quantitative estimate of drug-likeness (QED) is 0.611. The number of likely N-dealkylation sites (tertiary alicyclic amines) is 1. The van der Waals surface area contributed by atoms with Crippen molar-refractivity contribution in [3.8, 4) is 0 Å². The van der Waals surface area contributed by atoms with E-state index in [1.165, 1.54) is 43.4 Å². The molecule has 5 aliphatic carbocycles. The van der Waals surface area contributed by atoms with Crippen LogP contribution in [0.2, 0.25) is 0 Å². The molecule has 0 aromatic carbocycles. The summed E-state index contributed by atoms with van der Waals surface area (Å²) in [7, 11) is 0. The normalized spacial score (nSPS) is 43.1. The summed E-state index contributed by atoms with van der Waals surface area (Å²) in [5.74, 6) is 1.52. The lowest BCUT2D eigenvalue weighted by Gasteiger charge is -2.59.